The Bertz CT molecular complexity index is 821. The Labute approximate surface area is 193 Å². The number of allylic oxidation sites excluding steroid dienone is 1. The van der Waals surface area contributed by atoms with E-state index in [1.54, 1.807) is 20.8 Å². The Morgan fingerprint density at radius 2 is 1.97 bits per heavy atom. The molecule has 0 spiro atoms. The fourth-order valence-electron chi connectivity index (χ4n) is 4.53. The van der Waals surface area contributed by atoms with E-state index in [9.17, 15) is 29.4 Å². The number of nitrogens with zero attached hydrogens (tertiary/aromatic N) is 1. The van der Waals surface area contributed by atoms with Crippen LogP contribution in [-0.4, -0.2) is 74.9 Å². The van der Waals surface area contributed by atoms with Crippen LogP contribution in [0, 0.1) is 5.92 Å². The molecule has 10 nitrogen and oxygen atoms in total. The molecule has 0 aromatic heterocycles. The van der Waals surface area contributed by atoms with Gasteiger partial charge in [-0.05, 0) is 46.5 Å². The van der Waals surface area contributed by atoms with Crippen LogP contribution in [0.1, 0.15) is 65.7 Å². The van der Waals surface area contributed by atoms with Crippen molar-refractivity contribution in [3.8, 4) is 0 Å². The number of aliphatic carboxylic acids is 1. The predicted octanol–water partition coefficient (Wildman–Crippen LogP) is 1.32. The molecular formula is C23H35N3O7. The average molecular weight is 466 g/mol. The largest absolute Gasteiger partial charge is 0.479 e. The first-order valence-corrected chi connectivity index (χ1v) is 11.6. The van der Waals surface area contributed by atoms with Gasteiger partial charge in [0.05, 0.1) is 6.10 Å². The fraction of sp³-hybridized carbons (Fsp3) is 0.739. The van der Waals surface area contributed by atoms with Gasteiger partial charge in [0, 0.05) is 18.9 Å². The van der Waals surface area contributed by atoms with E-state index < -0.39 is 53.2 Å². The van der Waals surface area contributed by atoms with Gasteiger partial charge >= 0.3 is 12.1 Å². The van der Waals surface area contributed by atoms with E-state index >= 15 is 0 Å². The third-order valence-electron chi connectivity index (χ3n) is 6.33. The summed E-state index contributed by atoms with van der Waals surface area (Å²) in [5, 5.41) is 25.2. The highest BCUT2D eigenvalue weighted by Crippen LogP contribution is 2.45. The van der Waals surface area contributed by atoms with Gasteiger partial charge in [0.15, 0.2) is 0 Å². The number of carbonyl (C=O) groups is 4. The number of nitrogens with one attached hydrogen (secondary N) is 2. The number of aliphatic hydroxyl groups is 1. The molecule has 1 saturated carbocycles. The number of hydrogen-bond donors (Lipinski definition) is 4. The molecule has 3 amide bonds. The number of amides is 3. The highest BCUT2D eigenvalue weighted by Gasteiger charge is 2.61. The number of alkyl carbamates (subject to hydrolysis) is 1. The number of rotatable bonds is 2. The number of hydrogen-bond acceptors (Lipinski definition) is 6. The Hall–Kier alpha value is -2.62. The van der Waals surface area contributed by atoms with Gasteiger partial charge in [-0.25, -0.2) is 9.59 Å². The quantitative estimate of drug-likeness (QED) is 0.450. The standard InChI is InChI=1S/C23H35N3O7/c1-22(2,3)33-21(32)24-16-10-8-6-4-5-7-9-14-12-23(14,20(30)31)25-18(28)17-11-15(27)13-26(17)19(16)29/h7,9,14-17,27H,4-6,8,10-13H2,1-3H3,(H,24,32)(H,25,28)(H,30,31)/t14-,15-,16+,17?,23-/m1/s1. The van der Waals surface area contributed by atoms with Crippen molar-refractivity contribution in [1.29, 1.82) is 0 Å². The van der Waals surface area contributed by atoms with Crippen molar-refractivity contribution >= 4 is 23.9 Å². The van der Waals surface area contributed by atoms with Crippen molar-refractivity contribution in [2.75, 3.05) is 6.54 Å². The third-order valence-corrected chi connectivity index (χ3v) is 6.33. The van der Waals surface area contributed by atoms with Crippen LogP contribution < -0.4 is 10.6 Å². The van der Waals surface area contributed by atoms with E-state index in [2.05, 4.69) is 10.6 Å². The highest BCUT2D eigenvalue weighted by molar-refractivity contribution is 5.96. The van der Waals surface area contributed by atoms with E-state index in [1.165, 1.54) is 4.90 Å². The number of carbonyl (C=O) groups excluding carboxylic acids is 3. The van der Waals surface area contributed by atoms with Gasteiger partial charge in [-0.15, -0.1) is 0 Å². The normalized spacial score (nSPS) is 33.2. The smallest absolute Gasteiger partial charge is 0.408 e. The molecule has 184 valence electrons. The Balaban J connectivity index is 1.83. The molecule has 0 bridgehead atoms. The first kappa shape index (κ1) is 25.0. The molecule has 4 N–H and O–H groups in total. The minimum absolute atomic E-state index is 0.00688. The maximum absolute atomic E-state index is 13.4. The lowest BCUT2D eigenvalue weighted by Gasteiger charge is -2.30. The van der Waals surface area contributed by atoms with Gasteiger partial charge in [-0.2, -0.15) is 0 Å². The van der Waals surface area contributed by atoms with Gasteiger partial charge in [0.2, 0.25) is 11.8 Å². The summed E-state index contributed by atoms with van der Waals surface area (Å²) in [6.07, 6.45) is 5.91. The van der Waals surface area contributed by atoms with Gasteiger partial charge in [0.1, 0.15) is 23.2 Å². The zero-order chi connectivity index (χ0) is 24.4. The highest BCUT2D eigenvalue weighted by atomic mass is 16.6. The van der Waals surface area contributed by atoms with E-state index in [0.29, 0.717) is 12.8 Å². The minimum Gasteiger partial charge on any atom is -0.479 e. The van der Waals surface area contributed by atoms with Crippen LogP contribution in [0.2, 0.25) is 0 Å². The van der Waals surface area contributed by atoms with Crippen molar-refractivity contribution < 1.29 is 34.1 Å². The van der Waals surface area contributed by atoms with E-state index in [4.69, 9.17) is 4.74 Å². The molecule has 2 aliphatic heterocycles. The molecular weight excluding hydrogens is 430 g/mol. The van der Waals surface area contributed by atoms with Crippen LogP contribution in [0.15, 0.2) is 12.2 Å². The fourth-order valence-corrected chi connectivity index (χ4v) is 4.53. The number of aliphatic hydroxyl groups excluding tert-OH is 1. The average Bonchev–Trinajstić information content (AvgIpc) is 3.25. The lowest BCUT2D eigenvalue weighted by Crippen LogP contribution is -2.56. The number of ether oxygens (including phenoxy) is 1. The van der Waals surface area contributed by atoms with E-state index in [0.717, 1.165) is 19.3 Å². The summed E-state index contributed by atoms with van der Waals surface area (Å²) in [7, 11) is 0. The maximum atomic E-state index is 13.4. The van der Waals surface area contributed by atoms with Crippen molar-refractivity contribution in [2.45, 2.75) is 95.0 Å². The molecule has 0 aromatic rings. The van der Waals surface area contributed by atoms with Crippen molar-refractivity contribution in [3.63, 3.8) is 0 Å². The second-order valence-electron chi connectivity index (χ2n) is 10.2. The molecule has 0 radical (unpaired) electrons. The molecule has 1 saturated heterocycles. The van der Waals surface area contributed by atoms with Crippen molar-refractivity contribution in [3.05, 3.63) is 12.2 Å². The summed E-state index contributed by atoms with van der Waals surface area (Å²) >= 11 is 0. The summed E-state index contributed by atoms with van der Waals surface area (Å²) in [5.74, 6) is -2.51. The molecule has 33 heavy (non-hydrogen) atoms. The molecule has 10 heteroatoms. The van der Waals surface area contributed by atoms with E-state index in [-0.39, 0.29) is 25.3 Å². The molecule has 2 fully saturated rings. The molecule has 2 heterocycles. The van der Waals surface area contributed by atoms with Gasteiger partial charge in [-0.1, -0.05) is 25.0 Å². The van der Waals surface area contributed by atoms with Gasteiger partial charge in [-0.3, -0.25) is 9.59 Å². The summed E-state index contributed by atoms with van der Waals surface area (Å²) in [4.78, 5) is 52.0. The predicted molar refractivity (Wildman–Crippen MR) is 118 cm³/mol. The zero-order valence-corrected chi connectivity index (χ0v) is 19.5. The van der Waals surface area contributed by atoms with Crippen LogP contribution in [0.5, 0.6) is 0 Å². The molecule has 3 aliphatic rings. The monoisotopic (exact) mass is 465 g/mol. The summed E-state index contributed by atoms with van der Waals surface area (Å²) < 4.78 is 5.30. The Morgan fingerprint density at radius 3 is 2.64 bits per heavy atom. The topological polar surface area (TPSA) is 145 Å². The number of fused-ring (bicyclic) bond motifs is 2. The minimum atomic E-state index is -1.38. The second-order valence-corrected chi connectivity index (χ2v) is 10.2. The maximum Gasteiger partial charge on any atom is 0.408 e. The first-order chi connectivity index (χ1) is 15.4. The second kappa shape index (κ2) is 9.70. The third kappa shape index (κ3) is 6.04. The lowest BCUT2D eigenvalue weighted by atomic mass is 10.0. The van der Waals surface area contributed by atoms with E-state index in [1.807, 2.05) is 12.2 Å². The van der Waals surface area contributed by atoms with Crippen LogP contribution in [0.25, 0.3) is 0 Å². The SMILES string of the molecule is CC(C)(C)OC(=O)N[C@H]1CCCCCC=C[C@@H]2C[C@@]2(C(=O)O)NC(=O)C2C[C@@H](O)CN2C1=O. The molecule has 5 atom stereocenters. The van der Waals surface area contributed by atoms with Gasteiger partial charge in [0.25, 0.3) is 0 Å². The van der Waals surface area contributed by atoms with Crippen LogP contribution >= 0.6 is 0 Å². The van der Waals surface area contributed by atoms with Crippen LogP contribution in [0.3, 0.4) is 0 Å². The first-order valence-electron chi connectivity index (χ1n) is 11.6. The Morgan fingerprint density at radius 1 is 1.24 bits per heavy atom. The van der Waals surface area contributed by atoms with Crippen molar-refractivity contribution in [2.24, 2.45) is 5.92 Å². The van der Waals surface area contributed by atoms with Crippen LogP contribution in [0.4, 0.5) is 4.79 Å². The summed E-state index contributed by atoms with van der Waals surface area (Å²) in [5.41, 5.74) is -2.12. The molecule has 3 rings (SSSR count). The van der Waals surface area contributed by atoms with Crippen LogP contribution in [-0.2, 0) is 19.1 Å². The summed E-state index contributed by atoms with van der Waals surface area (Å²) in [6.45, 7) is 5.10. The zero-order valence-electron chi connectivity index (χ0n) is 19.5. The van der Waals surface area contributed by atoms with Crippen molar-refractivity contribution in [1.82, 2.24) is 15.5 Å². The number of carboxylic acids is 1. The summed E-state index contributed by atoms with van der Waals surface area (Å²) in [6, 6.07) is -1.93. The Kier molecular flexibility index (Phi) is 7.36. The lowest BCUT2D eigenvalue weighted by molar-refractivity contribution is -0.145. The number of carboxylic acid groups (broad SMARTS) is 1. The molecule has 0 aromatic carbocycles. The molecule has 1 aliphatic carbocycles. The molecule has 1 unspecified atom stereocenters. The van der Waals surface area contributed by atoms with Gasteiger partial charge < -0.3 is 30.5 Å².